The Bertz CT molecular complexity index is 959. The topological polar surface area (TPSA) is 88.4 Å². The molecule has 29 heavy (non-hydrogen) atoms. The van der Waals surface area contributed by atoms with Crippen LogP contribution in [0.3, 0.4) is 0 Å². The number of guanidine groups is 1. The van der Waals surface area contributed by atoms with Gasteiger partial charge >= 0.3 is 0 Å². The minimum absolute atomic E-state index is 0.369. The van der Waals surface area contributed by atoms with E-state index in [0.29, 0.717) is 30.0 Å². The van der Waals surface area contributed by atoms with Crippen LogP contribution in [0, 0.1) is 6.92 Å². The average molecular weight is 418 g/mol. The molecule has 1 aromatic heterocycles. The number of rotatable bonds is 7. The summed E-state index contributed by atoms with van der Waals surface area (Å²) in [5, 5.41) is 11.3. The van der Waals surface area contributed by atoms with E-state index in [9.17, 15) is 8.42 Å². The molecule has 0 bridgehead atoms. The van der Waals surface area contributed by atoms with Gasteiger partial charge in [-0.3, -0.25) is 4.68 Å². The van der Waals surface area contributed by atoms with E-state index >= 15 is 0 Å². The SMILES string of the molecule is CCNC(=NCc1ccc(S(C)(=O)=O)c(C)c1)NCc1ccn(C2CCCC2)n1. The lowest BCUT2D eigenvalue weighted by molar-refractivity contribution is 0.462. The summed E-state index contributed by atoms with van der Waals surface area (Å²) in [7, 11) is -3.20. The maximum absolute atomic E-state index is 11.8. The fourth-order valence-electron chi connectivity index (χ4n) is 3.76. The van der Waals surface area contributed by atoms with Gasteiger partial charge in [0, 0.05) is 19.0 Å². The molecule has 1 aliphatic carbocycles. The second-order valence-corrected chi connectivity index (χ2v) is 9.63. The lowest BCUT2D eigenvalue weighted by atomic mass is 10.1. The Balaban J connectivity index is 1.62. The maximum Gasteiger partial charge on any atom is 0.191 e. The Kier molecular flexibility index (Phi) is 6.95. The average Bonchev–Trinajstić information content (AvgIpc) is 3.34. The predicted octanol–water partition coefficient (Wildman–Crippen LogP) is 2.97. The molecule has 158 valence electrons. The van der Waals surface area contributed by atoms with Crippen LogP contribution in [0.4, 0.5) is 0 Å². The van der Waals surface area contributed by atoms with Crippen molar-refractivity contribution in [1.82, 2.24) is 20.4 Å². The highest BCUT2D eigenvalue weighted by Gasteiger charge is 2.17. The molecule has 1 saturated carbocycles. The van der Waals surface area contributed by atoms with Gasteiger partial charge in [0.1, 0.15) is 0 Å². The van der Waals surface area contributed by atoms with Gasteiger partial charge in [0.05, 0.1) is 29.7 Å². The Hall–Kier alpha value is -2.35. The first-order chi connectivity index (χ1) is 13.9. The number of benzene rings is 1. The van der Waals surface area contributed by atoms with Crippen LogP contribution in [-0.2, 0) is 22.9 Å². The smallest absolute Gasteiger partial charge is 0.191 e. The predicted molar refractivity (Wildman–Crippen MR) is 116 cm³/mol. The van der Waals surface area contributed by atoms with Crippen molar-refractivity contribution in [2.75, 3.05) is 12.8 Å². The van der Waals surface area contributed by atoms with Crippen molar-refractivity contribution in [3.05, 3.63) is 47.3 Å². The van der Waals surface area contributed by atoms with Crippen molar-refractivity contribution >= 4 is 15.8 Å². The van der Waals surface area contributed by atoms with E-state index in [2.05, 4.69) is 32.6 Å². The highest BCUT2D eigenvalue weighted by Crippen LogP contribution is 2.28. The molecule has 2 N–H and O–H groups in total. The van der Waals surface area contributed by atoms with E-state index in [0.717, 1.165) is 23.4 Å². The largest absolute Gasteiger partial charge is 0.357 e. The van der Waals surface area contributed by atoms with E-state index in [1.807, 2.05) is 26.0 Å². The van der Waals surface area contributed by atoms with Crippen LogP contribution in [0.1, 0.15) is 55.5 Å². The lowest BCUT2D eigenvalue weighted by Crippen LogP contribution is -2.36. The van der Waals surface area contributed by atoms with Crippen molar-refractivity contribution in [3.63, 3.8) is 0 Å². The van der Waals surface area contributed by atoms with Crippen LogP contribution in [0.15, 0.2) is 40.4 Å². The summed E-state index contributed by atoms with van der Waals surface area (Å²) in [6, 6.07) is 7.96. The standard InChI is InChI=1S/C21H31N5O2S/c1-4-22-21(23-14-17-9-10-20(16(2)13-17)29(3,27)28)24-15-18-11-12-26(25-18)19-7-5-6-8-19/h9-13,19H,4-8,14-15H2,1-3H3,(H2,22,23,24). The number of hydrogen-bond donors (Lipinski definition) is 2. The van der Waals surface area contributed by atoms with E-state index in [1.165, 1.54) is 31.9 Å². The van der Waals surface area contributed by atoms with Crippen LogP contribution in [0.5, 0.6) is 0 Å². The molecule has 1 aliphatic rings. The molecule has 7 nitrogen and oxygen atoms in total. The lowest BCUT2D eigenvalue weighted by Gasteiger charge is -2.11. The Morgan fingerprint density at radius 1 is 1.24 bits per heavy atom. The first-order valence-corrected chi connectivity index (χ1v) is 12.1. The molecular formula is C21H31N5O2S. The normalized spacial score (nSPS) is 15.6. The quantitative estimate of drug-likeness (QED) is 0.534. The van der Waals surface area contributed by atoms with Gasteiger partial charge in [0.15, 0.2) is 15.8 Å². The van der Waals surface area contributed by atoms with Crippen molar-refractivity contribution in [2.45, 2.75) is 63.6 Å². The van der Waals surface area contributed by atoms with Crippen LogP contribution in [-0.4, -0.2) is 37.0 Å². The minimum atomic E-state index is -3.20. The molecule has 0 atom stereocenters. The fraction of sp³-hybridized carbons (Fsp3) is 0.524. The molecule has 2 aromatic rings. The third-order valence-electron chi connectivity index (χ3n) is 5.20. The van der Waals surface area contributed by atoms with E-state index in [-0.39, 0.29) is 0 Å². The van der Waals surface area contributed by atoms with Crippen molar-refractivity contribution in [3.8, 4) is 0 Å². The molecule has 1 fully saturated rings. The highest BCUT2D eigenvalue weighted by atomic mass is 32.2. The van der Waals surface area contributed by atoms with E-state index < -0.39 is 9.84 Å². The highest BCUT2D eigenvalue weighted by molar-refractivity contribution is 7.90. The summed E-state index contributed by atoms with van der Waals surface area (Å²) in [4.78, 5) is 5.00. The number of nitrogens with one attached hydrogen (secondary N) is 2. The molecule has 8 heteroatoms. The number of aromatic nitrogens is 2. The summed E-state index contributed by atoms with van der Waals surface area (Å²) in [5.41, 5.74) is 2.71. The molecule has 0 amide bonds. The number of nitrogens with zero attached hydrogens (tertiary/aromatic N) is 3. The minimum Gasteiger partial charge on any atom is -0.357 e. The van der Waals surface area contributed by atoms with E-state index in [4.69, 9.17) is 5.10 Å². The number of hydrogen-bond acceptors (Lipinski definition) is 4. The summed E-state index contributed by atoms with van der Waals surface area (Å²) >= 11 is 0. The first kappa shape index (κ1) is 21.4. The Morgan fingerprint density at radius 2 is 2.00 bits per heavy atom. The monoisotopic (exact) mass is 417 g/mol. The number of aryl methyl sites for hydroxylation is 1. The third-order valence-corrected chi connectivity index (χ3v) is 6.46. The Morgan fingerprint density at radius 3 is 2.66 bits per heavy atom. The molecule has 1 aromatic carbocycles. The second kappa shape index (κ2) is 9.43. The van der Waals surface area contributed by atoms with Gasteiger partial charge in [-0.05, 0) is 49.9 Å². The van der Waals surface area contributed by atoms with Crippen LogP contribution < -0.4 is 10.6 Å². The molecule has 0 unspecified atom stereocenters. The first-order valence-electron chi connectivity index (χ1n) is 10.2. The molecule has 3 rings (SSSR count). The van der Waals surface area contributed by atoms with Crippen molar-refractivity contribution < 1.29 is 8.42 Å². The van der Waals surface area contributed by atoms with Gasteiger partial charge in [0.2, 0.25) is 0 Å². The van der Waals surface area contributed by atoms with Crippen LogP contribution >= 0.6 is 0 Å². The molecule has 0 saturated heterocycles. The van der Waals surface area contributed by atoms with Gasteiger partial charge in [-0.15, -0.1) is 0 Å². The third kappa shape index (κ3) is 5.82. The fourth-order valence-corrected chi connectivity index (χ4v) is 4.72. The van der Waals surface area contributed by atoms with Gasteiger partial charge in [-0.25, -0.2) is 13.4 Å². The second-order valence-electron chi connectivity index (χ2n) is 7.65. The van der Waals surface area contributed by atoms with E-state index in [1.54, 1.807) is 6.07 Å². The summed E-state index contributed by atoms with van der Waals surface area (Å²) < 4.78 is 25.6. The summed E-state index contributed by atoms with van der Waals surface area (Å²) in [5.74, 6) is 0.716. The van der Waals surface area contributed by atoms with Crippen LogP contribution in [0.2, 0.25) is 0 Å². The summed E-state index contributed by atoms with van der Waals surface area (Å²) in [6.07, 6.45) is 8.32. The molecular weight excluding hydrogens is 386 g/mol. The molecule has 0 spiro atoms. The van der Waals surface area contributed by atoms with Gasteiger partial charge in [-0.1, -0.05) is 25.0 Å². The van der Waals surface area contributed by atoms with Gasteiger partial charge in [0.25, 0.3) is 0 Å². The maximum atomic E-state index is 11.8. The van der Waals surface area contributed by atoms with Crippen molar-refractivity contribution in [2.24, 2.45) is 4.99 Å². The summed E-state index contributed by atoms with van der Waals surface area (Å²) in [6.45, 7) is 5.67. The number of aliphatic imine (C=N–C) groups is 1. The zero-order chi connectivity index (χ0) is 20.9. The number of sulfone groups is 1. The van der Waals surface area contributed by atoms with Crippen molar-refractivity contribution in [1.29, 1.82) is 0 Å². The molecule has 1 heterocycles. The Labute approximate surface area is 173 Å². The van der Waals surface area contributed by atoms with Crippen LogP contribution in [0.25, 0.3) is 0 Å². The van der Waals surface area contributed by atoms with Gasteiger partial charge in [-0.2, -0.15) is 5.10 Å². The molecule has 0 radical (unpaired) electrons. The van der Waals surface area contributed by atoms with Gasteiger partial charge < -0.3 is 10.6 Å². The zero-order valence-corrected chi connectivity index (χ0v) is 18.3. The molecule has 0 aliphatic heterocycles. The zero-order valence-electron chi connectivity index (χ0n) is 17.5.